The summed E-state index contributed by atoms with van der Waals surface area (Å²) in [5.74, 6) is 0.711. The van der Waals surface area contributed by atoms with Gasteiger partial charge in [0.15, 0.2) is 0 Å². The molecule has 0 heterocycles. The molecule has 0 aliphatic heterocycles. The van der Waals surface area contributed by atoms with E-state index in [0.717, 1.165) is 18.5 Å². The molecule has 0 rings (SSSR count). The molecule has 1 N–H and O–H groups in total. The van der Waals surface area contributed by atoms with E-state index in [0.29, 0.717) is 12.4 Å². The lowest BCUT2D eigenvalue weighted by molar-refractivity contribution is 0.237. The first-order chi connectivity index (χ1) is 5.22. The Bertz CT molecular complexity index is 140. The number of ether oxygens (including phenoxy) is 1. The van der Waals surface area contributed by atoms with Crippen LogP contribution in [0.5, 0.6) is 0 Å². The summed E-state index contributed by atoms with van der Waals surface area (Å²) in [6.45, 7) is 11.1. The molecular formula is C9H17NO. The van der Waals surface area contributed by atoms with Crippen molar-refractivity contribution in [3.05, 3.63) is 24.5 Å². The molecule has 0 amide bonds. The van der Waals surface area contributed by atoms with Gasteiger partial charge in [0.05, 0.1) is 6.61 Å². The minimum absolute atomic E-state index is 0.664. The molecule has 0 aliphatic rings. The summed E-state index contributed by atoms with van der Waals surface area (Å²) in [6.07, 6.45) is 0.898. The summed E-state index contributed by atoms with van der Waals surface area (Å²) >= 11 is 0. The van der Waals surface area contributed by atoms with Crippen molar-refractivity contribution in [2.24, 2.45) is 0 Å². The van der Waals surface area contributed by atoms with E-state index in [-0.39, 0.29) is 0 Å². The van der Waals surface area contributed by atoms with E-state index in [1.54, 1.807) is 0 Å². The first kappa shape index (κ1) is 10.2. The number of nitrogens with one attached hydrogen (secondary N) is 1. The summed E-state index contributed by atoms with van der Waals surface area (Å²) in [7, 11) is 1.91. The highest BCUT2D eigenvalue weighted by Gasteiger charge is 1.98. The molecule has 0 saturated carbocycles. The molecule has 0 saturated heterocycles. The molecular weight excluding hydrogens is 138 g/mol. The van der Waals surface area contributed by atoms with Gasteiger partial charge in [-0.3, -0.25) is 0 Å². The average molecular weight is 155 g/mol. The fourth-order valence-electron chi connectivity index (χ4n) is 0.692. The first-order valence-electron chi connectivity index (χ1n) is 3.86. The van der Waals surface area contributed by atoms with Crippen molar-refractivity contribution in [1.29, 1.82) is 0 Å². The van der Waals surface area contributed by atoms with Crippen molar-refractivity contribution in [2.75, 3.05) is 20.2 Å². The standard InChI is InChI=1S/C9H17NO/c1-5-11-9(3)8(2)6-7-10-4/h10H,2-3,5-7H2,1,4H3. The van der Waals surface area contributed by atoms with Crippen LogP contribution >= 0.6 is 0 Å². The molecule has 0 aromatic rings. The minimum Gasteiger partial charge on any atom is -0.494 e. The van der Waals surface area contributed by atoms with Gasteiger partial charge < -0.3 is 10.1 Å². The number of rotatable bonds is 6. The van der Waals surface area contributed by atoms with Crippen LogP contribution < -0.4 is 5.32 Å². The molecule has 0 aromatic heterocycles. The van der Waals surface area contributed by atoms with Gasteiger partial charge >= 0.3 is 0 Å². The fourth-order valence-corrected chi connectivity index (χ4v) is 0.692. The Balaban J connectivity index is 3.56. The van der Waals surface area contributed by atoms with Gasteiger partial charge in [-0.1, -0.05) is 13.2 Å². The van der Waals surface area contributed by atoms with Gasteiger partial charge in [0.2, 0.25) is 0 Å². The molecule has 11 heavy (non-hydrogen) atoms. The Hall–Kier alpha value is -0.760. The normalized spacial score (nSPS) is 9.27. The molecule has 0 aliphatic carbocycles. The summed E-state index contributed by atoms with van der Waals surface area (Å²) in [5.41, 5.74) is 0.973. The smallest absolute Gasteiger partial charge is 0.114 e. The lowest BCUT2D eigenvalue weighted by Crippen LogP contribution is -2.09. The highest BCUT2D eigenvalue weighted by atomic mass is 16.5. The highest BCUT2D eigenvalue weighted by Crippen LogP contribution is 2.09. The van der Waals surface area contributed by atoms with Crippen LogP contribution in [0.25, 0.3) is 0 Å². The van der Waals surface area contributed by atoms with E-state index in [1.165, 1.54) is 0 Å². The first-order valence-corrected chi connectivity index (χ1v) is 3.86. The van der Waals surface area contributed by atoms with Crippen LogP contribution in [0.1, 0.15) is 13.3 Å². The third-order valence-corrected chi connectivity index (χ3v) is 1.39. The topological polar surface area (TPSA) is 21.3 Å². The zero-order chi connectivity index (χ0) is 8.69. The number of allylic oxidation sites excluding steroid dienone is 1. The SMILES string of the molecule is C=C(CCNC)C(=C)OCC. The molecule has 2 heteroatoms. The van der Waals surface area contributed by atoms with Gasteiger partial charge in [-0.05, 0) is 32.5 Å². The molecule has 2 nitrogen and oxygen atoms in total. The van der Waals surface area contributed by atoms with Gasteiger partial charge in [0.1, 0.15) is 5.76 Å². The van der Waals surface area contributed by atoms with Crippen molar-refractivity contribution in [2.45, 2.75) is 13.3 Å². The van der Waals surface area contributed by atoms with Crippen LogP contribution in [0.3, 0.4) is 0 Å². The van der Waals surface area contributed by atoms with Crippen LogP contribution in [-0.4, -0.2) is 20.2 Å². The Labute approximate surface area is 68.9 Å². The molecule has 64 valence electrons. The van der Waals surface area contributed by atoms with Crippen molar-refractivity contribution < 1.29 is 4.74 Å². The zero-order valence-corrected chi connectivity index (χ0v) is 7.44. The maximum Gasteiger partial charge on any atom is 0.114 e. The predicted octanol–water partition coefficient (Wildman–Crippen LogP) is 1.70. The van der Waals surface area contributed by atoms with Gasteiger partial charge in [0.25, 0.3) is 0 Å². The van der Waals surface area contributed by atoms with Crippen LogP contribution in [0.15, 0.2) is 24.5 Å². The molecule has 0 atom stereocenters. The number of hydrogen-bond acceptors (Lipinski definition) is 2. The van der Waals surface area contributed by atoms with Crippen molar-refractivity contribution >= 4 is 0 Å². The fraction of sp³-hybridized carbons (Fsp3) is 0.556. The Kier molecular flexibility index (Phi) is 5.57. The van der Waals surface area contributed by atoms with Crippen LogP contribution in [0, 0.1) is 0 Å². The molecule has 0 aromatic carbocycles. The third kappa shape index (κ3) is 4.62. The maximum atomic E-state index is 5.18. The van der Waals surface area contributed by atoms with Gasteiger partial charge in [-0.15, -0.1) is 0 Å². The minimum atomic E-state index is 0.664. The summed E-state index contributed by atoms with van der Waals surface area (Å²) in [5, 5.41) is 3.04. The molecule has 0 fully saturated rings. The lowest BCUT2D eigenvalue weighted by atomic mass is 10.2. The van der Waals surface area contributed by atoms with E-state index in [2.05, 4.69) is 18.5 Å². The third-order valence-electron chi connectivity index (χ3n) is 1.39. The monoisotopic (exact) mass is 155 g/mol. The second-order valence-electron chi connectivity index (χ2n) is 2.31. The van der Waals surface area contributed by atoms with E-state index < -0.39 is 0 Å². The van der Waals surface area contributed by atoms with E-state index >= 15 is 0 Å². The Morgan fingerprint density at radius 1 is 1.45 bits per heavy atom. The van der Waals surface area contributed by atoms with Crippen LogP contribution in [0.4, 0.5) is 0 Å². The maximum absolute atomic E-state index is 5.18. The molecule has 0 radical (unpaired) electrons. The van der Waals surface area contributed by atoms with Crippen LogP contribution in [-0.2, 0) is 4.74 Å². The van der Waals surface area contributed by atoms with Crippen molar-refractivity contribution in [3.8, 4) is 0 Å². The average Bonchev–Trinajstić information content (AvgIpc) is 2.00. The second-order valence-corrected chi connectivity index (χ2v) is 2.31. The van der Waals surface area contributed by atoms with E-state index in [9.17, 15) is 0 Å². The Morgan fingerprint density at radius 2 is 2.09 bits per heavy atom. The second kappa shape index (κ2) is 5.98. The summed E-state index contributed by atoms with van der Waals surface area (Å²) < 4.78 is 5.18. The molecule has 0 spiro atoms. The Morgan fingerprint density at radius 3 is 2.55 bits per heavy atom. The van der Waals surface area contributed by atoms with Crippen molar-refractivity contribution in [1.82, 2.24) is 5.32 Å². The highest BCUT2D eigenvalue weighted by molar-refractivity contribution is 5.19. The predicted molar refractivity (Wildman–Crippen MR) is 48.4 cm³/mol. The van der Waals surface area contributed by atoms with Crippen LogP contribution in [0.2, 0.25) is 0 Å². The van der Waals surface area contributed by atoms with Gasteiger partial charge in [-0.2, -0.15) is 0 Å². The van der Waals surface area contributed by atoms with Gasteiger partial charge in [0, 0.05) is 0 Å². The molecule has 0 bridgehead atoms. The quantitative estimate of drug-likeness (QED) is 0.465. The van der Waals surface area contributed by atoms with E-state index in [1.807, 2.05) is 14.0 Å². The summed E-state index contributed by atoms with van der Waals surface area (Å²) in [6, 6.07) is 0. The molecule has 0 unspecified atom stereocenters. The largest absolute Gasteiger partial charge is 0.494 e. The summed E-state index contributed by atoms with van der Waals surface area (Å²) in [4.78, 5) is 0. The van der Waals surface area contributed by atoms with Crippen molar-refractivity contribution in [3.63, 3.8) is 0 Å². The van der Waals surface area contributed by atoms with Gasteiger partial charge in [-0.25, -0.2) is 0 Å². The lowest BCUT2D eigenvalue weighted by Gasteiger charge is -2.08. The van der Waals surface area contributed by atoms with E-state index in [4.69, 9.17) is 4.74 Å². The zero-order valence-electron chi connectivity index (χ0n) is 7.44. The number of hydrogen-bond donors (Lipinski definition) is 1.